The Hall–Kier alpha value is -2.60. The molecule has 1 heterocycles. The molecule has 25 heavy (non-hydrogen) atoms. The third-order valence-electron chi connectivity index (χ3n) is 3.71. The molecule has 0 unspecified atom stereocenters. The fourth-order valence-corrected chi connectivity index (χ4v) is 3.03. The van der Waals surface area contributed by atoms with E-state index in [0.29, 0.717) is 29.2 Å². The fourth-order valence-electron chi connectivity index (χ4n) is 2.57. The molecule has 0 fully saturated rings. The summed E-state index contributed by atoms with van der Waals surface area (Å²) in [4.78, 5) is 26.1. The van der Waals surface area contributed by atoms with E-state index in [2.05, 4.69) is 27.8 Å². The molecule has 2 aromatic rings. The minimum absolute atomic E-state index is 0.0259. The Kier molecular flexibility index (Phi) is 4.90. The van der Waals surface area contributed by atoms with E-state index in [0.717, 1.165) is 10.0 Å². The zero-order valence-corrected chi connectivity index (χ0v) is 15.3. The van der Waals surface area contributed by atoms with Gasteiger partial charge in [-0.05, 0) is 47.1 Å². The van der Waals surface area contributed by atoms with Crippen molar-refractivity contribution in [3.05, 3.63) is 64.7 Å². The highest BCUT2D eigenvalue weighted by atomic mass is 79.9. The predicted molar refractivity (Wildman–Crippen MR) is 101 cm³/mol. The average molecular weight is 401 g/mol. The number of hydrogen-bond acceptors (Lipinski definition) is 3. The summed E-state index contributed by atoms with van der Waals surface area (Å²) in [5.41, 5.74) is 2.70. The number of hydrogen-bond donors (Lipinski definition) is 1. The summed E-state index contributed by atoms with van der Waals surface area (Å²) in [6.07, 6.45) is 0. The van der Waals surface area contributed by atoms with E-state index in [1.165, 1.54) is 0 Å². The molecule has 1 aliphatic heterocycles. The van der Waals surface area contributed by atoms with E-state index in [4.69, 9.17) is 4.74 Å². The second-order valence-corrected chi connectivity index (χ2v) is 6.70. The van der Waals surface area contributed by atoms with E-state index < -0.39 is 0 Å². The van der Waals surface area contributed by atoms with Crippen molar-refractivity contribution in [3.63, 3.8) is 0 Å². The third-order valence-corrected chi connectivity index (χ3v) is 4.40. The molecule has 0 saturated heterocycles. The van der Waals surface area contributed by atoms with Gasteiger partial charge in [0, 0.05) is 22.8 Å². The molecule has 0 bridgehead atoms. The zero-order chi connectivity index (χ0) is 18.0. The van der Waals surface area contributed by atoms with Gasteiger partial charge in [0.1, 0.15) is 5.75 Å². The molecule has 0 aliphatic carbocycles. The minimum Gasteiger partial charge on any atom is -0.481 e. The van der Waals surface area contributed by atoms with Crippen LogP contribution in [-0.4, -0.2) is 25.0 Å². The Morgan fingerprint density at radius 1 is 1.32 bits per heavy atom. The Morgan fingerprint density at radius 2 is 2.08 bits per heavy atom. The summed E-state index contributed by atoms with van der Waals surface area (Å²) in [6.45, 7) is 6.15. The molecule has 2 amide bonds. The van der Waals surface area contributed by atoms with Gasteiger partial charge in [0.2, 0.25) is 0 Å². The van der Waals surface area contributed by atoms with Crippen molar-refractivity contribution in [1.29, 1.82) is 0 Å². The van der Waals surface area contributed by atoms with Gasteiger partial charge in [-0.3, -0.25) is 9.59 Å². The van der Waals surface area contributed by atoms with Gasteiger partial charge in [-0.25, -0.2) is 0 Å². The van der Waals surface area contributed by atoms with Crippen LogP contribution in [0.2, 0.25) is 0 Å². The van der Waals surface area contributed by atoms with Gasteiger partial charge in [0.15, 0.2) is 6.61 Å². The Labute approximate surface area is 154 Å². The number of amides is 2. The maximum absolute atomic E-state index is 12.4. The van der Waals surface area contributed by atoms with Crippen molar-refractivity contribution < 1.29 is 14.3 Å². The van der Waals surface area contributed by atoms with E-state index in [1.807, 2.05) is 19.1 Å². The summed E-state index contributed by atoms with van der Waals surface area (Å²) >= 11 is 3.37. The minimum atomic E-state index is -0.224. The van der Waals surface area contributed by atoms with Crippen LogP contribution in [0.3, 0.4) is 0 Å². The number of halogens is 1. The lowest BCUT2D eigenvalue weighted by atomic mass is 10.1. The first kappa shape index (κ1) is 17.2. The van der Waals surface area contributed by atoms with E-state index in [1.54, 1.807) is 35.2 Å². The molecule has 2 aromatic carbocycles. The normalized spacial score (nSPS) is 13.0. The summed E-state index contributed by atoms with van der Waals surface area (Å²) in [5.74, 6) is 0.226. The second kappa shape index (κ2) is 7.11. The number of anilines is 2. The molecule has 3 rings (SSSR count). The molecule has 0 atom stereocenters. The van der Waals surface area contributed by atoms with Crippen LogP contribution in [0.25, 0.3) is 0 Å². The molecule has 5 nitrogen and oxygen atoms in total. The summed E-state index contributed by atoms with van der Waals surface area (Å²) in [7, 11) is 0. The van der Waals surface area contributed by atoms with Gasteiger partial charge in [-0.1, -0.05) is 24.3 Å². The lowest BCUT2D eigenvalue weighted by Crippen LogP contribution is -2.39. The Balaban J connectivity index is 1.84. The first-order valence-corrected chi connectivity index (χ1v) is 8.52. The largest absolute Gasteiger partial charge is 0.481 e. The standard InChI is InChI=1S/C19H17BrN2O3/c1-12(2)10-22-16-8-7-13(9-17(16)25-11-18(22)23)21-19(24)14-5-3-4-6-15(14)20/h3-9H,1,10-11H2,2H3,(H,21,24). The van der Waals surface area contributed by atoms with E-state index in [9.17, 15) is 9.59 Å². The molecule has 0 aromatic heterocycles. The van der Waals surface area contributed by atoms with Crippen molar-refractivity contribution in [2.24, 2.45) is 0 Å². The average Bonchev–Trinajstić information content (AvgIpc) is 2.57. The van der Waals surface area contributed by atoms with Crippen molar-refractivity contribution >= 4 is 39.1 Å². The smallest absolute Gasteiger partial charge is 0.265 e. The van der Waals surface area contributed by atoms with Crippen molar-refractivity contribution in [3.8, 4) is 5.75 Å². The van der Waals surface area contributed by atoms with Crippen LogP contribution >= 0.6 is 15.9 Å². The SMILES string of the molecule is C=C(C)CN1C(=O)COc2cc(NC(=O)c3ccccc3Br)ccc21. The molecule has 1 N–H and O–H groups in total. The number of carbonyl (C=O) groups is 2. The van der Waals surface area contributed by atoms with Crippen LogP contribution < -0.4 is 15.0 Å². The highest BCUT2D eigenvalue weighted by molar-refractivity contribution is 9.10. The summed E-state index contributed by atoms with van der Waals surface area (Å²) < 4.78 is 6.24. The molecule has 128 valence electrons. The molecular formula is C19H17BrN2O3. The highest BCUT2D eigenvalue weighted by Crippen LogP contribution is 2.35. The van der Waals surface area contributed by atoms with E-state index in [-0.39, 0.29) is 18.4 Å². The number of benzene rings is 2. The first-order chi connectivity index (χ1) is 12.0. The number of carbonyl (C=O) groups excluding carboxylic acids is 2. The maximum Gasteiger partial charge on any atom is 0.265 e. The first-order valence-electron chi connectivity index (χ1n) is 7.73. The topological polar surface area (TPSA) is 58.6 Å². The van der Waals surface area contributed by atoms with Crippen LogP contribution in [-0.2, 0) is 4.79 Å². The summed E-state index contributed by atoms with van der Waals surface area (Å²) in [5, 5.41) is 2.85. The zero-order valence-electron chi connectivity index (χ0n) is 13.7. The predicted octanol–water partition coefficient (Wildman–Crippen LogP) is 4.00. The molecule has 0 saturated carbocycles. The second-order valence-electron chi connectivity index (χ2n) is 5.84. The molecule has 6 heteroatoms. The number of nitrogens with zero attached hydrogens (tertiary/aromatic N) is 1. The van der Waals surface area contributed by atoms with Gasteiger partial charge in [-0.15, -0.1) is 0 Å². The highest BCUT2D eigenvalue weighted by Gasteiger charge is 2.25. The van der Waals surface area contributed by atoms with Gasteiger partial charge in [-0.2, -0.15) is 0 Å². The maximum atomic E-state index is 12.4. The lowest BCUT2D eigenvalue weighted by Gasteiger charge is -2.29. The van der Waals surface area contributed by atoms with Crippen LogP contribution in [0.1, 0.15) is 17.3 Å². The number of fused-ring (bicyclic) bond motifs is 1. The molecule has 0 radical (unpaired) electrons. The molecule has 0 spiro atoms. The monoisotopic (exact) mass is 400 g/mol. The number of nitrogens with one attached hydrogen (secondary N) is 1. The van der Waals surface area contributed by atoms with Gasteiger partial charge >= 0.3 is 0 Å². The van der Waals surface area contributed by atoms with E-state index >= 15 is 0 Å². The molecule has 1 aliphatic rings. The van der Waals surface area contributed by atoms with Gasteiger partial charge in [0.05, 0.1) is 11.3 Å². The van der Waals surface area contributed by atoms with Gasteiger partial charge < -0.3 is 15.0 Å². The summed E-state index contributed by atoms with van der Waals surface area (Å²) in [6, 6.07) is 12.4. The number of rotatable bonds is 4. The van der Waals surface area contributed by atoms with Crippen LogP contribution in [0.15, 0.2) is 59.1 Å². The van der Waals surface area contributed by atoms with Crippen LogP contribution in [0, 0.1) is 0 Å². The van der Waals surface area contributed by atoms with Crippen molar-refractivity contribution in [2.75, 3.05) is 23.4 Å². The molecular weight excluding hydrogens is 384 g/mol. The number of ether oxygens (including phenoxy) is 1. The quantitative estimate of drug-likeness (QED) is 0.788. The third kappa shape index (κ3) is 3.74. The Bertz CT molecular complexity index is 863. The van der Waals surface area contributed by atoms with Gasteiger partial charge in [0.25, 0.3) is 11.8 Å². The Morgan fingerprint density at radius 3 is 2.80 bits per heavy atom. The van der Waals surface area contributed by atoms with Crippen LogP contribution in [0.4, 0.5) is 11.4 Å². The van der Waals surface area contributed by atoms with Crippen molar-refractivity contribution in [2.45, 2.75) is 6.92 Å². The van der Waals surface area contributed by atoms with Crippen molar-refractivity contribution in [1.82, 2.24) is 0 Å². The van der Waals surface area contributed by atoms with Crippen LogP contribution in [0.5, 0.6) is 5.75 Å². The fraction of sp³-hybridized carbons (Fsp3) is 0.158. The lowest BCUT2D eigenvalue weighted by molar-refractivity contribution is -0.121.